The lowest BCUT2D eigenvalue weighted by atomic mass is 10.6. The predicted octanol–water partition coefficient (Wildman–Crippen LogP) is 0.112. The minimum Gasteiger partial charge on any atom is -0.407 e. The first kappa shape index (κ1) is 11.5. The number of hydrogen-bond acceptors (Lipinski definition) is 6. The molecule has 90 valence electrons. The van der Waals surface area contributed by atoms with Crippen LogP contribution in [0.1, 0.15) is 18.7 Å². The van der Waals surface area contributed by atoms with E-state index in [1.807, 2.05) is 0 Å². The summed E-state index contributed by atoms with van der Waals surface area (Å²) in [6.45, 7) is 1.21. The van der Waals surface area contributed by atoms with E-state index in [0.717, 1.165) is 0 Å². The third-order valence-corrected chi connectivity index (χ3v) is 3.03. The van der Waals surface area contributed by atoms with E-state index >= 15 is 0 Å². The molecule has 0 aromatic carbocycles. The Bertz CT molecular complexity index is 364. The Labute approximate surface area is 96.7 Å². The van der Waals surface area contributed by atoms with Crippen molar-refractivity contribution < 1.29 is 8.63 Å². The summed E-state index contributed by atoms with van der Waals surface area (Å²) in [5, 5.41) is 14.0. The highest BCUT2D eigenvalue weighted by Crippen LogP contribution is 2.19. The molecule has 0 radical (unpaired) electrons. The Hall–Kier alpha value is -0.950. The number of aromatic nitrogens is 2. The molecule has 0 aliphatic heterocycles. The van der Waals surface area contributed by atoms with Crippen LogP contribution < -0.4 is 10.6 Å². The van der Waals surface area contributed by atoms with Crippen LogP contribution in [0.3, 0.4) is 0 Å². The predicted molar refractivity (Wildman–Crippen MR) is 61.6 cm³/mol. The lowest BCUT2D eigenvalue weighted by Gasteiger charge is -1.98. The van der Waals surface area contributed by atoms with Crippen LogP contribution in [-0.2, 0) is 17.3 Å². The Morgan fingerprint density at radius 2 is 2.31 bits per heavy atom. The zero-order chi connectivity index (χ0) is 11.4. The van der Waals surface area contributed by atoms with Gasteiger partial charge in [0.15, 0.2) is 0 Å². The minimum absolute atomic E-state index is 0.401. The first-order chi connectivity index (χ1) is 7.74. The third-order valence-electron chi connectivity index (χ3n) is 2.25. The summed E-state index contributed by atoms with van der Waals surface area (Å²) in [6, 6.07) is 1.03. The molecule has 6 nitrogen and oxygen atoms in total. The molecule has 16 heavy (non-hydrogen) atoms. The van der Waals surface area contributed by atoms with E-state index in [1.54, 1.807) is 6.26 Å². The minimum atomic E-state index is -0.798. The van der Waals surface area contributed by atoms with Crippen molar-refractivity contribution in [1.82, 2.24) is 15.5 Å². The smallest absolute Gasteiger partial charge is 0.315 e. The maximum Gasteiger partial charge on any atom is 0.315 e. The Morgan fingerprint density at radius 1 is 1.50 bits per heavy atom. The molecule has 1 aliphatic carbocycles. The van der Waals surface area contributed by atoms with Crippen LogP contribution >= 0.6 is 0 Å². The van der Waals surface area contributed by atoms with Crippen molar-refractivity contribution in [2.45, 2.75) is 25.4 Å². The van der Waals surface area contributed by atoms with E-state index < -0.39 is 10.8 Å². The maximum atomic E-state index is 10.8. The van der Waals surface area contributed by atoms with Crippen molar-refractivity contribution in [1.29, 1.82) is 0 Å². The van der Waals surface area contributed by atoms with Crippen LogP contribution in [0.5, 0.6) is 0 Å². The molecule has 0 amide bonds. The van der Waals surface area contributed by atoms with Crippen LogP contribution in [0.15, 0.2) is 4.42 Å². The van der Waals surface area contributed by atoms with Crippen molar-refractivity contribution in [2.24, 2.45) is 0 Å². The van der Waals surface area contributed by atoms with Gasteiger partial charge in [0.05, 0.1) is 6.54 Å². The van der Waals surface area contributed by atoms with Crippen LogP contribution in [0.25, 0.3) is 0 Å². The molecular formula is C9H16N4O2S. The van der Waals surface area contributed by atoms with Gasteiger partial charge < -0.3 is 15.1 Å². The summed E-state index contributed by atoms with van der Waals surface area (Å²) < 4.78 is 16.2. The molecule has 1 fully saturated rings. The molecule has 1 aromatic rings. The molecule has 2 rings (SSSR count). The van der Waals surface area contributed by atoms with Crippen molar-refractivity contribution in [3.05, 3.63) is 5.89 Å². The number of anilines is 1. The standard InChI is InChI=1S/C9H16N4O2S/c1-16(14)5-4-10-9-13-12-8(15-9)6-11-7-2-3-7/h7,11H,2-6H2,1H3,(H,10,13). The summed E-state index contributed by atoms with van der Waals surface area (Å²) in [6.07, 6.45) is 4.14. The summed E-state index contributed by atoms with van der Waals surface area (Å²) in [5.74, 6) is 1.17. The second-order valence-electron chi connectivity index (χ2n) is 3.86. The molecule has 1 atom stereocenters. The van der Waals surface area contributed by atoms with Gasteiger partial charge in [0.25, 0.3) is 0 Å². The van der Waals surface area contributed by atoms with E-state index in [1.165, 1.54) is 12.8 Å². The average Bonchev–Trinajstić information content (AvgIpc) is 2.96. The quantitative estimate of drug-likeness (QED) is 0.709. The largest absolute Gasteiger partial charge is 0.407 e. The number of rotatable bonds is 7. The summed E-state index contributed by atoms with van der Waals surface area (Å²) in [7, 11) is -0.798. The van der Waals surface area contributed by atoms with Gasteiger partial charge in [-0.25, -0.2) is 0 Å². The first-order valence-electron chi connectivity index (χ1n) is 5.33. The molecule has 0 bridgehead atoms. The zero-order valence-electron chi connectivity index (χ0n) is 9.23. The number of hydrogen-bond donors (Lipinski definition) is 2. The SMILES string of the molecule is CS(=O)CCNc1nnc(CNC2CC2)o1. The average molecular weight is 244 g/mol. The highest BCUT2D eigenvalue weighted by molar-refractivity contribution is 7.84. The van der Waals surface area contributed by atoms with E-state index in [2.05, 4.69) is 20.8 Å². The van der Waals surface area contributed by atoms with Crippen molar-refractivity contribution in [3.63, 3.8) is 0 Å². The first-order valence-corrected chi connectivity index (χ1v) is 7.06. The van der Waals surface area contributed by atoms with Crippen LogP contribution in [0, 0.1) is 0 Å². The molecule has 7 heteroatoms. The highest BCUT2D eigenvalue weighted by atomic mass is 32.2. The molecule has 1 heterocycles. The van der Waals surface area contributed by atoms with Gasteiger partial charge in [-0.15, -0.1) is 5.10 Å². The molecule has 1 saturated carbocycles. The topological polar surface area (TPSA) is 80.0 Å². The summed E-state index contributed by atoms with van der Waals surface area (Å²) >= 11 is 0. The van der Waals surface area contributed by atoms with Gasteiger partial charge >= 0.3 is 6.01 Å². The summed E-state index contributed by atoms with van der Waals surface area (Å²) in [5.41, 5.74) is 0. The molecule has 1 aromatic heterocycles. The van der Waals surface area contributed by atoms with Gasteiger partial charge in [-0.3, -0.25) is 4.21 Å². The van der Waals surface area contributed by atoms with Crippen molar-refractivity contribution in [2.75, 3.05) is 23.9 Å². The number of nitrogens with one attached hydrogen (secondary N) is 2. The Morgan fingerprint density at radius 3 is 3.00 bits per heavy atom. The molecule has 0 spiro atoms. The van der Waals surface area contributed by atoms with Gasteiger partial charge in [0.1, 0.15) is 0 Å². The Kier molecular flexibility index (Phi) is 3.89. The lowest BCUT2D eigenvalue weighted by Crippen LogP contribution is -2.15. The van der Waals surface area contributed by atoms with Gasteiger partial charge in [-0.05, 0) is 12.8 Å². The van der Waals surface area contributed by atoms with Crippen LogP contribution in [-0.4, -0.2) is 39.0 Å². The maximum absolute atomic E-state index is 10.8. The molecular weight excluding hydrogens is 228 g/mol. The fourth-order valence-corrected chi connectivity index (χ4v) is 1.61. The fourth-order valence-electron chi connectivity index (χ4n) is 1.22. The number of nitrogens with zero attached hydrogens (tertiary/aromatic N) is 2. The van der Waals surface area contributed by atoms with E-state index in [4.69, 9.17) is 4.42 Å². The third kappa shape index (κ3) is 3.90. The fraction of sp³-hybridized carbons (Fsp3) is 0.778. The van der Waals surface area contributed by atoms with Gasteiger partial charge in [-0.1, -0.05) is 5.10 Å². The van der Waals surface area contributed by atoms with Crippen molar-refractivity contribution >= 4 is 16.8 Å². The van der Waals surface area contributed by atoms with Crippen LogP contribution in [0.2, 0.25) is 0 Å². The van der Waals surface area contributed by atoms with Crippen LogP contribution in [0.4, 0.5) is 6.01 Å². The monoisotopic (exact) mass is 244 g/mol. The van der Waals surface area contributed by atoms with Gasteiger partial charge in [0, 0.05) is 35.4 Å². The Balaban J connectivity index is 1.70. The summed E-state index contributed by atoms with van der Waals surface area (Å²) in [4.78, 5) is 0. The van der Waals surface area contributed by atoms with E-state index in [9.17, 15) is 4.21 Å². The molecule has 1 aliphatic rings. The molecule has 1 unspecified atom stereocenters. The molecule has 0 saturated heterocycles. The van der Waals surface area contributed by atoms with Crippen molar-refractivity contribution in [3.8, 4) is 0 Å². The lowest BCUT2D eigenvalue weighted by molar-refractivity contribution is 0.476. The normalized spacial score (nSPS) is 17.3. The second-order valence-corrected chi connectivity index (χ2v) is 5.41. The van der Waals surface area contributed by atoms with Gasteiger partial charge in [0.2, 0.25) is 5.89 Å². The van der Waals surface area contributed by atoms with E-state index in [-0.39, 0.29) is 0 Å². The second kappa shape index (κ2) is 5.40. The zero-order valence-corrected chi connectivity index (χ0v) is 10.0. The molecule has 2 N–H and O–H groups in total. The van der Waals surface area contributed by atoms with Gasteiger partial charge in [-0.2, -0.15) is 0 Å². The highest BCUT2D eigenvalue weighted by Gasteiger charge is 2.21. The van der Waals surface area contributed by atoms with E-state index in [0.29, 0.717) is 36.8 Å².